The second kappa shape index (κ2) is 33.3. The van der Waals surface area contributed by atoms with Crippen LogP contribution in [-0.2, 0) is 103 Å². The van der Waals surface area contributed by atoms with Crippen LogP contribution < -0.4 is 0 Å². The number of aryl methyl sites for hydroxylation is 16. The lowest BCUT2D eigenvalue weighted by Crippen LogP contribution is -2.27. The van der Waals surface area contributed by atoms with E-state index in [1.54, 1.807) is 90.4 Å². The number of hydrogen-bond donors (Lipinski definition) is 0. The maximum atomic E-state index is 8.94. The predicted molar refractivity (Wildman–Crippen MR) is 424 cm³/mol. The molecule has 16 rings (SSSR count). The van der Waals surface area contributed by atoms with E-state index in [2.05, 4.69) is 39.5 Å². The van der Waals surface area contributed by atoms with Gasteiger partial charge in [-0.1, -0.05) is 100 Å². The van der Waals surface area contributed by atoms with Crippen LogP contribution in [0.15, 0.2) is 146 Å². The molecule has 12 nitrogen and oxygen atoms in total. The lowest BCUT2D eigenvalue weighted by atomic mass is 10.0. The quantitative estimate of drug-likeness (QED) is 0.120. The summed E-state index contributed by atoms with van der Waals surface area (Å²) in [5.74, 6) is 0. The van der Waals surface area contributed by atoms with Gasteiger partial charge in [-0.2, -0.15) is 0 Å². The van der Waals surface area contributed by atoms with Crippen molar-refractivity contribution in [3.8, 4) is 0 Å². The summed E-state index contributed by atoms with van der Waals surface area (Å²) >= 11 is 0. The SMILES string of the molecule is C.C.C.C.[2H]C([2H])([2H])c1ccc2c(c1)c1c(n2C([2H])([2H])C([2H])([2H])c2ccc(C([2H])([2H])[2H])nc2)CCN(C)C1.[2H]C([2H])([2H])c1ccc2c(c1)c1c(n2C([2H])([2H])C([2H])([2H])c2ccc(C)nc2)CCN(C)C1.[2H]C([2H])([2H])c1ccc2c(c1)c1c(n2C([2H])([2H])Cc2ccc(C([2H])([2H])[2H])nc2)CCN(C)C1.[2H]C([2H])([2H])c1ccc2c(c1)c1c(n2CC([2H])([2H])c2ccc(C([2H])([2H])[2H])nc2)CCN(C)C1. The third-order valence-corrected chi connectivity index (χ3v) is 18.2. The molecule has 100 heavy (non-hydrogen) atoms. The molecule has 4 aliphatic heterocycles. The number of nitrogens with zero attached hydrogens (tertiary/aromatic N) is 12. The van der Waals surface area contributed by atoms with Crippen molar-refractivity contribution in [3.05, 3.63) is 258 Å². The summed E-state index contributed by atoms with van der Waals surface area (Å²) in [6, 6.07) is 30.7. The van der Waals surface area contributed by atoms with E-state index in [9.17, 15) is 0 Å². The van der Waals surface area contributed by atoms with Gasteiger partial charge in [0.2, 0.25) is 0 Å². The second-order valence-corrected chi connectivity index (χ2v) is 25.3. The van der Waals surface area contributed by atoms with Gasteiger partial charge in [0.25, 0.3) is 0 Å². The Morgan fingerprint density at radius 2 is 0.640 bits per heavy atom. The number of aromatic nitrogens is 8. The van der Waals surface area contributed by atoms with Gasteiger partial charge in [-0.15, -0.1) is 0 Å². The molecule has 0 aliphatic carbocycles. The molecule has 0 N–H and O–H groups in total. The highest BCUT2D eigenvalue weighted by Gasteiger charge is 2.27. The molecular weight excluding hydrogens is 1230 g/mol. The molecule has 8 aromatic heterocycles. The molecule has 12 heterocycles. The number of benzene rings is 4. The Labute approximate surface area is 646 Å². The lowest BCUT2D eigenvalue weighted by molar-refractivity contribution is 0.309. The number of rotatable bonds is 12. The second-order valence-electron chi connectivity index (χ2n) is 25.3. The zero-order valence-electron chi connectivity index (χ0n) is 87.6. The molecular formula is C88H116N12. The minimum Gasteiger partial charge on any atom is -0.344 e. The lowest BCUT2D eigenvalue weighted by Gasteiger charge is -2.24. The van der Waals surface area contributed by atoms with Crippen molar-refractivity contribution in [1.82, 2.24) is 57.8 Å². The highest BCUT2D eigenvalue weighted by Crippen LogP contribution is 2.36. The molecule has 528 valence electrons. The standard InChI is InChI=1S/4C21H25N3.4CH4/c4*1-15-4-7-20-18(12-15)19-14-23(3)10-9-21(19)24(20)11-8-17-6-5-16(2)22-13-17;;;;/h4*4-7,12-13H,8-11,14H2,1-3H3;4*1H4/i1D3,2D3,8D2,11D2;1D3,8D2,11D2;1D3,2D3,11D2;1D3,2D3,8D2;;;;. The fraction of sp³-hybridized carbons (Fsp3) is 0.409. The number of hydrogen-bond acceptors (Lipinski definition) is 8. The van der Waals surface area contributed by atoms with E-state index in [0.717, 1.165) is 81.3 Å². The minimum atomic E-state index is -2.58. The van der Waals surface area contributed by atoms with E-state index >= 15 is 0 Å². The molecule has 0 saturated carbocycles. The smallest absolute Gasteiger partial charge is 0.0501 e. The van der Waals surface area contributed by atoms with Crippen LogP contribution in [0, 0.1) is 54.9 Å². The van der Waals surface area contributed by atoms with Crippen LogP contribution in [0.1, 0.15) is 187 Å². The van der Waals surface area contributed by atoms with Crippen molar-refractivity contribution in [3.63, 3.8) is 0 Å². The van der Waals surface area contributed by atoms with Crippen molar-refractivity contribution in [2.24, 2.45) is 0 Å². The van der Waals surface area contributed by atoms with Crippen molar-refractivity contribution < 1.29 is 45.2 Å². The van der Waals surface area contributed by atoms with Crippen LogP contribution in [0.25, 0.3) is 43.6 Å². The van der Waals surface area contributed by atoms with Crippen molar-refractivity contribution in [2.45, 2.75) is 188 Å². The highest BCUT2D eigenvalue weighted by molar-refractivity contribution is 5.89. The molecule has 0 fully saturated rings. The molecule has 0 atom stereocenters. The molecule has 4 aliphatic rings. The van der Waals surface area contributed by atoms with Crippen LogP contribution in [0.5, 0.6) is 0 Å². The van der Waals surface area contributed by atoms with Crippen molar-refractivity contribution >= 4 is 43.6 Å². The molecule has 4 aromatic carbocycles. The third kappa shape index (κ3) is 16.9. The average Bonchev–Trinajstić information content (AvgIpc) is 1.57. The maximum absolute atomic E-state index is 8.94. The van der Waals surface area contributed by atoms with E-state index < -0.39 is 86.6 Å². The molecule has 0 bridgehead atoms. The Morgan fingerprint density at radius 1 is 0.340 bits per heavy atom. The summed E-state index contributed by atoms with van der Waals surface area (Å²) in [7, 11) is 7.89. The molecule has 12 aromatic rings. The van der Waals surface area contributed by atoms with Gasteiger partial charge in [-0.25, -0.2) is 0 Å². The monoisotopic (exact) mass is 1370 g/mol. The highest BCUT2D eigenvalue weighted by atomic mass is 15.1. The fourth-order valence-electron chi connectivity index (χ4n) is 13.3. The Morgan fingerprint density at radius 3 is 0.960 bits per heavy atom. The van der Waals surface area contributed by atoms with Gasteiger partial charge in [0.1, 0.15) is 0 Å². The first-order valence-electron chi connectivity index (χ1n) is 48.7. The Hall–Kier alpha value is -8.52. The summed E-state index contributed by atoms with van der Waals surface area (Å²) in [5, 5.41) is 2.86. The molecule has 0 unspecified atom stereocenters. The molecule has 0 spiro atoms. The van der Waals surface area contributed by atoms with E-state index in [-0.39, 0.29) is 93.1 Å². The summed E-state index contributed by atoms with van der Waals surface area (Å²) < 4.78 is 273. The summed E-state index contributed by atoms with van der Waals surface area (Å²) in [6.45, 7) is -15.9. The van der Waals surface area contributed by atoms with Crippen LogP contribution in [0.2, 0.25) is 0 Å². The molecule has 0 radical (unpaired) electrons. The Balaban J connectivity index is 0.000000197. The minimum absolute atomic E-state index is 0. The molecule has 12 heteroatoms. The Kier molecular flexibility index (Phi) is 14.2. The van der Waals surface area contributed by atoms with Gasteiger partial charge in [0.15, 0.2) is 0 Å². The van der Waals surface area contributed by atoms with Gasteiger partial charge >= 0.3 is 0 Å². The van der Waals surface area contributed by atoms with Crippen LogP contribution in [-0.4, -0.2) is 112 Å². The third-order valence-electron chi connectivity index (χ3n) is 18.2. The van der Waals surface area contributed by atoms with Gasteiger partial charge in [-0.05, 0) is 226 Å². The summed E-state index contributed by atoms with van der Waals surface area (Å²) in [6.07, 6.45) is 0.831. The molecule has 0 saturated heterocycles. The first-order chi connectivity index (χ1) is 59.4. The van der Waals surface area contributed by atoms with Crippen LogP contribution in [0.3, 0.4) is 0 Å². The van der Waals surface area contributed by atoms with Crippen molar-refractivity contribution in [1.29, 1.82) is 0 Å². The zero-order valence-corrected chi connectivity index (χ0v) is 54.6. The number of fused-ring (bicyclic) bond motifs is 12. The van der Waals surface area contributed by atoms with Gasteiger partial charge in [0.05, 0.1) is 8.22 Å². The number of pyridine rings is 4. The number of likely N-dealkylation sites (N-methyl/N-ethyl adjacent to an activating group) is 4. The van der Waals surface area contributed by atoms with E-state index in [1.165, 1.54) is 70.2 Å². The van der Waals surface area contributed by atoms with Gasteiger partial charge in [-0.3, -0.25) is 19.9 Å². The average molecular weight is 1380 g/mol. The van der Waals surface area contributed by atoms with Gasteiger partial charge < -0.3 is 37.9 Å². The van der Waals surface area contributed by atoms with E-state index in [1.807, 2.05) is 32.8 Å². The topological polar surface area (TPSA) is 84.2 Å². The normalized spacial score (nSPS) is 21.0. The predicted octanol–water partition coefficient (Wildman–Crippen LogP) is 18.1. The zero-order chi connectivity index (χ0) is 95.0. The van der Waals surface area contributed by atoms with Gasteiger partial charge in [0, 0.05) is 255 Å². The summed E-state index contributed by atoms with van der Waals surface area (Å²) in [5.41, 5.74) is 11.5. The summed E-state index contributed by atoms with van der Waals surface area (Å²) in [4.78, 5) is 24.4. The van der Waals surface area contributed by atoms with Crippen LogP contribution >= 0.6 is 0 Å². The largest absolute Gasteiger partial charge is 0.344 e. The molecule has 0 amide bonds. The Bertz CT molecular complexity index is 6130. The van der Waals surface area contributed by atoms with E-state index in [0.29, 0.717) is 108 Å². The fourth-order valence-corrected chi connectivity index (χ4v) is 13.3. The first kappa shape index (κ1) is 42.7. The maximum Gasteiger partial charge on any atom is 0.0501 e. The van der Waals surface area contributed by atoms with Crippen molar-refractivity contribution in [2.75, 3.05) is 54.4 Å². The van der Waals surface area contributed by atoms with E-state index in [4.69, 9.17) is 45.2 Å². The first-order valence-corrected chi connectivity index (χ1v) is 32.2. The van der Waals surface area contributed by atoms with Crippen LogP contribution in [0.4, 0.5) is 0 Å².